The lowest BCUT2D eigenvalue weighted by Gasteiger charge is -2.26. The number of benzene rings is 1. The Balaban J connectivity index is 2.15. The molecule has 1 fully saturated rings. The molecule has 0 saturated carbocycles. The van der Waals surface area contributed by atoms with Crippen LogP contribution in [0.3, 0.4) is 0 Å². The third-order valence-electron chi connectivity index (χ3n) is 5.74. The predicted octanol–water partition coefficient (Wildman–Crippen LogP) is 2.75. The van der Waals surface area contributed by atoms with Crippen molar-refractivity contribution >= 4 is 23.5 Å². The van der Waals surface area contributed by atoms with E-state index in [1.807, 2.05) is 11.0 Å². The van der Waals surface area contributed by atoms with Crippen LogP contribution in [0.25, 0.3) is 0 Å². The van der Waals surface area contributed by atoms with E-state index in [1.54, 1.807) is 41.3 Å². The molecule has 1 saturated heterocycles. The fourth-order valence-corrected chi connectivity index (χ4v) is 5.16. The van der Waals surface area contributed by atoms with Gasteiger partial charge in [-0.3, -0.25) is 9.69 Å². The smallest absolute Gasteiger partial charge is 0.393 e. The standard InChI is InChI=1S/C24H25F3N6O2S/c25-24(26,27)13-17-18(14-28)22(33-8-4-7-32(9-10-33)11-12-34)31-23(19(17)15-29)36-20(21(30)35)16-5-2-1-3-6-16/h1-3,5-6,20,34H,4,7-13H2,(H2,30,35). The molecule has 0 spiro atoms. The zero-order chi connectivity index (χ0) is 26.3. The van der Waals surface area contributed by atoms with Crippen LogP contribution in [0.15, 0.2) is 35.4 Å². The molecule has 1 aliphatic heterocycles. The van der Waals surface area contributed by atoms with Crippen molar-refractivity contribution < 1.29 is 23.1 Å². The molecule has 2 heterocycles. The second kappa shape index (κ2) is 12.1. The fourth-order valence-electron chi connectivity index (χ4n) is 4.10. The van der Waals surface area contributed by atoms with Crippen LogP contribution in [0, 0.1) is 22.7 Å². The minimum absolute atomic E-state index is 0.0247. The van der Waals surface area contributed by atoms with Gasteiger partial charge in [-0.1, -0.05) is 42.1 Å². The van der Waals surface area contributed by atoms with E-state index in [2.05, 4.69) is 4.98 Å². The number of aliphatic hydroxyl groups excluding tert-OH is 1. The Hall–Kier alpha value is -3.32. The minimum atomic E-state index is -4.68. The number of hydrogen-bond acceptors (Lipinski definition) is 8. The van der Waals surface area contributed by atoms with Crippen LogP contribution in [-0.2, 0) is 11.2 Å². The number of β-amino-alcohol motifs (C(OH)–C–C–N with tert-alkyl or cyclic N) is 1. The van der Waals surface area contributed by atoms with E-state index in [9.17, 15) is 33.6 Å². The molecule has 2 aromatic rings. The van der Waals surface area contributed by atoms with Gasteiger partial charge in [-0.05, 0) is 18.5 Å². The topological polar surface area (TPSA) is 130 Å². The van der Waals surface area contributed by atoms with E-state index in [1.165, 1.54) is 0 Å². The molecule has 1 aromatic carbocycles. The number of nitrogens with two attached hydrogens (primary N) is 1. The summed E-state index contributed by atoms with van der Waals surface area (Å²) in [6.45, 7) is 2.40. The first-order valence-corrected chi connectivity index (χ1v) is 12.1. The number of carbonyl (C=O) groups is 1. The molecule has 1 amide bonds. The third kappa shape index (κ3) is 6.66. The number of halogens is 3. The van der Waals surface area contributed by atoms with E-state index in [0.717, 1.165) is 11.8 Å². The number of aliphatic hydroxyl groups is 1. The van der Waals surface area contributed by atoms with Gasteiger partial charge >= 0.3 is 6.18 Å². The third-order valence-corrected chi connectivity index (χ3v) is 7.00. The molecule has 0 aliphatic carbocycles. The zero-order valence-corrected chi connectivity index (χ0v) is 20.1. The van der Waals surface area contributed by atoms with Crippen molar-refractivity contribution in [2.45, 2.75) is 29.3 Å². The summed E-state index contributed by atoms with van der Waals surface area (Å²) in [5, 5.41) is 27.9. The van der Waals surface area contributed by atoms with Gasteiger partial charge in [-0.2, -0.15) is 23.7 Å². The van der Waals surface area contributed by atoms with Crippen LogP contribution >= 0.6 is 11.8 Å². The van der Waals surface area contributed by atoms with Crippen molar-refractivity contribution in [2.75, 3.05) is 44.2 Å². The Labute approximate surface area is 211 Å². The molecule has 0 bridgehead atoms. The van der Waals surface area contributed by atoms with Crippen molar-refractivity contribution in [1.82, 2.24) is 9.88 Å². The molecule has 1 atom stereocenters. The highest BCUT2D eigenvalue weighted by Gasteiger charge is 2.35. The SMILES string of the molecule is N#Cc1c(SC(C(N)=O)c2ccccc2)nc(N2CCCN(CCO)CC2)c(C#N)c1CC(F)(F)F. The largest absolute Gasteiger partial charge is 0.395 e. The van der Waals surface area contributed by atoms with Crippen molar-refractivity contribution in [2.24, 2.45) is 5.73 Å². The molecular formula is C24H25F3N6O2S. The Morgan fingerprint density at radius 3 is 2.42 bits per heavy atom. The second-order valence-electron chi connectivity index (χ2n) is 8.20. The van der Waals surface area contributed by atoms with Crippen molar-refractivity contribution in [3.05, 3.63) is 52.6 Å². The number of rotatable bonds is 8. The van der Waals surface area contributed by atoms with Gasteiger partial charge in [0.2, 0.25) is 5.91 Å². The van der Waals surface area contributed by atoms with Crippen LogP contribution in [0.1, 0.15) is 33.9 Å². The van der Waals surface area contributed by atoms with Crippen LogP contribution in [0.5, 0.6) is 0 Å². The molecule has 1 unspecified atom stereocenters. The van der Waals surface area contributed by atoms with Crippen LogP contribution in [0.2, 0.25) is 0 Å². The van der Waals surface area contributed by atoms with Crippen LogP contribution in [-0.4, -0.2) is 66.4 Å². The van der Waals surface area contributed by atoms with Crippen molar-refractivity contribution in [3.8, 4) is 12.1 Å². The number of pyridine rings is 1. The van der Waals surface area contributed by atoms with Gasteiger partial charge in [0.1, 0.15) is 28.2 Å². The summed E-state index contributed by atoms with van der Waals surface area (Å²) in [6.07, 6.45) is -5.53. The van der Waals surface area contributed by atoms with E-state index < -0.39 is 34.9 Å². The Morgan fingerprint density at radius 2 is 1.83 bits per heavy atom. The zero-order valence-electron chi connectivity index (χ0n) is 19.3. The normalized spacial score (nSPS) is 15.6. The molecule has 3 rings (SSSR count). The highest BCUT2D eigenvalue weighted by molar-refractivity contribution is 8.00. The maximum atomic E-state index is 13.6. The maximum absolute atomic E-state index is 13.6. The van der Waals surface area contributed by atoms with Crippen molar-refractivity contribution in [3.63, 3.8) is 0 Å². The minimum Gasteiger partial charge on any atom is -0.395 e. The number of primary amides is 1. The summed E-state index contributed by atoms with van der Waals surface area (Å²) < 4.78 is 40.7. The lowest BCUT2D eigenvalue weighted by atomic mass is 10.0. The number of alkyl halides is 3. The number of amides is 1. The van der Waals surface area contributed by atoms with Crippen LogP contribution < -0.4 is 10.6 Å². The number of nitriles is 2. The molecule has 1 aromatic heterocycles. The van der Waals surface area contributed by atoms with E-state index in [4.69, 9.17) is 5.73 Å². The van der Waals surface area contributed by atoms with Gasteiger partial charge in [0.15, 0.2) is 0 Å². The molecule has 1 aliphatic rings. The van der Waals surface area contributed by atoms with Gasteiger partial charge in [0.05, 0.1) is 24.2 Å². The first-order chi connectivity index (χ1) is 17.2. The molecule has 190 valence electrons. The molecule has 3 N–H and O–H groups in total. The lowest BCUT2D eigenvalue weighted by Crippen LogP contribution is -2.33. The molecule has 0 radical (unpaired) electrons. The summed E-state index contributed by atoms with van der Waals surface area (Å²) in [7, 11) is 0. The van der Waals surface area contributed by atoms with E-state index in [0.29, 0.717) is 44.7 Å². The molecule has 8 nitrogen and oxygen atoms in total. The number of carbonyl (C=O) groups excluding carboxylic acids is 1. The van der Waals surface area contributed by atoms with Gasteiger partial charge < -0.3 is 15.7 Å². The summed E-state index contributed by atoms with van der Waals surface area (Å²) in [6, 6.07) is 12.1. The molecule has 36 heavy (non-hydrogen) atoms. The van der Waals surface area contributed by atoms with E-state index >= 15 is 0 Å². The van der Waals surface area contributed by atoms with Gasteiger partial charge in [0, 0.05) is 31.7 Å². The highest BCUT2D eigenvalue weighted by atomic mass is 32.2. The number of aromatic nitrogens is 1. The monoisotopic (exact) mass is 518 g/mol. The number of hydrogen-bond donors (Lipinski definition) is 2. The quantitative estimate of drug-likeness (QED) is 0.510. The van der Waals surface area contributed by atoms with Crippen LogP contribution in [0.4, 0.5) is 19.0 Å². The van der Waals surface area contributed by atoms with Crippen molar-refractivity contribution in [1.29, 1.82) is 10.5 Å². The summed E-state index contributed by atoms with van der Waals surface area (Å²) in [5.41, 5.74) is 4.96. The number of nitrogens with zero attached hydrogens (tertiary/aromatic N) is 5. The molecule has 12 heteroatoms. The summed E-state index contributed by atoms with van der Waals surface area (Å²) in [5.74, 6) is -0.699. The van der Waals surface area contributed by atoms with Gasteiger partial charge in [-0.15, -0.1) is 0 Å². The average molecular weight is 519 g/mol. The highest BCUT2D eigenvalue weighted by Crippen LogP contribution is 2.41. The lowest BCUT2D eigenvalue weighted by molar-refractivity contribution is -0.127. The number of thioether (sulfide) groups is 1. The maximum Gasteiger partial charge on any atom is 0.393 e. The number of anilines is 1. The second-order valence-corrected chi connectivity index (χ2v) is 9.30. The Kier molecular flexibility index (Phi) is 9.15. The van der Waals surface area contributed by atoms with E-state index in [-0.39, 0.29) is 23.0 Å². The average Bonchev–Trinajstić information content (AvgIpc) is 3.07. The first-order valence-electron chi connectivity index (χ1n) is 11.2. The molecular weight excluding hydrogens is 493 g/mol. The first kappa shape index (κ1) is 27.3. The van der Waals surface area contributed by atoms with Gasteiger partial charge in [0.25, 0.3) is 0 Å². The fraction of sp³-hybridized carbons (Fsp3) is 0.417. The van der Waals surface area contributed by atoms with Gasteiger partial charge in [-0.25, -0.2) is 4.98 Å². The summed E-state index contributed by atoms with van der Waals surface area (Å²) >= 11 is 0.797. The Bertz CT molecular complexity index is 1160. The predicted molar refractivity (Wildman–Crippen MR) is 128 cm³/mol. The summed E-state index contributed by atoms with van der Waals surface area (Å²) in [4.78, 5) is 20.5. The Morgan fingerprint density at radius 1 is 1.14 bits per heavy atom.